The molecule has 0 radical (unpaired) electrons. The zero-order chi connectivity index (χ0) is 38.2. The van der Waals surface area contributed by atoms with Crippen molar-refractivity contribution in [3.05, 3.63) is 186 Å². The van der Waals surface area contributed by atoms with Crippen LogP contribution in [0.15, 0.2) is 173 Å². The summed E-state index contributed by atoms with van der Waals surface area (Å²) in [7, 11) is 0. The Morgan fingerprint density at radius 3 is 1.86 bits per heavy atom. The number of furan rings is 2. The summed E-state index contributed by atoms with van der Waals surface area (Å²) in [6.07, 6.45) is 0. The highest BCUT2D eigenvalue weighted by Gasteiger charge is 2.42. The summed E-state index contributed by atoms with van der Waals surface area (Å²) < 4.78 is 13.0. The average Bonchev–Trinajstić information content (AvgIpc) is 3.88. The number of fused-ring (bicyclic) bond motifs is 11. The minimum atomic E-state index is -0.297. The molecule has 10 aromatic rings. The highest BCUT2D eigenvalue weighted by molar-refractivity contribution is 6.10. The normalized spacial score (nSPS) is 14.9. The summed E-state index contributed by atoms with van der Waals surface area (Å²) in [5.74, 6) is 0. The van der Waals surface area contributed by atoms with Crippen LogP contribution in [0.3, 0.4) is 0 Å². The van der Waals surface area contributed by atoms with E-state index in [1.165, 1.54) is 55.9 Å². The summed E-state index contributed by atoms with van der Waals surface area (Å²) in [5.41, 5.74) is 19.3. The molecule has 0 N–H and O–H groups in total. The maximum absolute atomic E-state index is 6.49. The van der Waals surface area contributed by atoms with Crippen molar-refractivity contribution in [3.8, 4) is 33.4 Å². The van der Waals surface area contributed by atoms with Crippen molar-refractivity contribution < 1.29 is 8.83 Å². The molecule has 2 aromatic heterocycles. The van der Waals surface area contributed by atoms with Crippen LogP contribution < -0.4 is 4.90 Å². The largest absolute Gasteiger partial charge is 0.456 e. The van der Waals surface area contributed by atoms with E-state index in [4.69, 9.17) is 8.83 Å². The molecule has 0 spiro atoms. The number of rotatable bonds is 3. The molecule has 3 heterocycles. The molecule has 0 unspecified atom stereocenters. The summed E-state index contributed by atoms with van der Waals surface area (Å²) in [6.45, 7) is 9.52. The van der Waals surface area contributed by atoms with Gasteiger partial charge in [0.05, 0.1) is 11.4 Å². The Bertz CT molecular complexity index is 3320. The van der Waals surface area contributed by atoms with Gasteiger partial charge in [-0.15, -0.1) is 0 Å². The molecule has 272 valence electrons. The van der Waals surface area contributed by atoms with E-state index >= 15 is 0 Å². The van der Waals surface area contributed by atoms with Crippen LogP contribution in [0.5, 0.6) is 0 Å². The topological polar surface area (TPSA) is 29.5 Å². The summed E-state index contributed by atoms with van der Waals surface area (Å²) in [5, 5.41) is 4.55. The zero-order valence-electron chi connectivity index (χ0n) is 32.4. The van der Waals surface area contributed by atoms with Crippen LogP contribution in [-0.2, 0) is 10.8 Å². The third kappa shape index (κ3) is 4.48. The van der Waals surface area contributed by atoms with E-state index in [1.807, 2.05) is 12.1 Å². The van der Waals surface area contributed by atoms with E-state index in [0.29, 0.717) is 0 Å². The molecule has 0 saturated carbocycles. The first kappa shape index (κ1) is 32.4. The van der Waals surface area contributed by atoms with Gasteiger partial charge in [0.25, 0.3) is 0 Å². The van der Waals surface area contributed by atoms with Crippen molar-refractivity contribution in [2.45, 2.75) is 38.5 Å². The van der Waals surface area contributed by atoms with E-state index < -0.39 is 0 Å². The van der Waals surface area contributed by atoms with Crippen molar-refractivity contribution in [2.24, 2.45) is 0 Å². The van der Waals surface area contributed by atoms with Crippen LogP contribution in [0.4, 0.5) is 17.1 Å². The Hall–Kier alpha value is -6.84. The summed E-state index contributed by atoms with van der Waals surface area (Å²) >= 11 is 0. The zero-order valence-corrected chi connectivity index (χ0v) is 32.4. The quantitative estimate of drug-likeness (QED) is 0.181. The molecular weight excluding hydrogens is 695 g/mol. The molecule has 57 heavy (non-hydrogen) atoms. The number of anilines is 3. The maximum Gasteiger partial charge on any atom is 0.143 e. The van der Waals surface area contributed by atoms with Gasteiger partial charge in [-0.3, -0.25) is 0 Å². The second kappa shape index (κ2) is 11.4. The Morgan fingerprint density at radius 1 is 0.368 bits per heavy atom. The lowest BCUT2D eigenvalue weighted by molar-refractivity contribution is 0.627. The Morgan fingerprint density at radius 2 is 1.00 bits per heavy atom. The predicted molar refractivity (Wildman–Crippen MR) is 236 cm³/mol. The van der Waals surface area contributed by atoms with Crippen molar-refractivity contribution in [3.63, 3.8) is 0 Å². The number of hydrogen-bond acceptors (Lipinski definition) is 3. The highest BCUT2D eigenvalue weighted by Crippen LogP contribution is 2.58. The Labute approximate surface area is 331 Å². The maximum atomic E-state index is 6.49. The molecule has 8 aromatic carbocycles. The monoisotopic (exact) mass is 733 g/mol. The van der Waals surface area contributed by atoms with Gasteiger partial charge in [-0.05, 0) is 105 Å². The van der Waals surface area contributed by atoms with E-state index in [-0.39, 0.29) is 10.8 Å². The van der Waals surface area contributed by atoms with Crippen LogP contribution in [0.1, 0.15) is 49.9 Å². The average molecular weight is 734 g/mol. The fourth-order valence-corrected chi connectivity index (χ4v) is 10.1. The minimum absolute atomic E-state index is 0.124. The lowest BCUT2D eigenvalue weighted by Gasteiger charge is -2.43. The third-order valence-electron chi connectivity index (χ3n) is 13.1. The second-order valence-electron chi connectivity index (χ2n) is 16.9. The van der Waals surface area contributed by atoms with Gasteiger partial charge in [0, 0.05) is 49.7 Å². The molecule has 0 saturated heterocycles. The first-order valence-corrected chi connectivity index (χ1v) is 19.9. The van der Waals surface area contributed by atoms with Crippen LogP contribution in [0, 0.1) is 0 Å². The lowest BCUT2D eigenvalue weighted by Crippen LogP contribution is -2.31. The van der Waals surface area contributed by atoms with Crippen LogP contribution >= 0.6 is 0 Å². The van der Waals surface area contributed by atoms with E-state index in [1.54, 1.807) is 0 Å². The fourth-order valence-electron chi connectivity index (χ4n) is 10.1. The minimum Gasteiger partial charge on any atom is -0.456 e. The molecule has 3 nitrogen and oxygen atoms in total. The number of nitrogens with zero attached hydrogens (tertiary/aromatic N) is 1. The molecule has 1 aliphatic heterocycles. The van der Waals surface area contributed by atoms with Gasteiger partial charge in [0.1, 0.15) is 22.3 Å². The van der Waals surface area contributed by atoms with Gasteiger partial charge < -0.3 is 13.7 Å². The van der Waals surface area contributed by atoms with Crippen LogP contribution in [0.2, 0.25) is 0 Å². The third-order valence-corrected chi connectivity index (χ3v) is 13.1. The summed E-state index contributed by atoms with van der Waals surface area (Å²) in [6, 6.07) is 59.7. The van der Waals surface area contributed by atoms with Gasteiger partial charge >= 0.3 is 0 Å². The number of hydrogen-bond donors (Lipinski definition) is 0. The van der Waals surface area contributed by atoms with E-state index in [9.17, 15) is 0 Å². The van der Waals surface area contributed by atoms with Crippen molar-refractivity contribution in [1.82, 2.24) is 0 Å². The fraction of sp³-hybridized carbons (Fsp3) is 0.111. The number of benzene rings is 8. The molecule has 0 amide bonds. The lowest BCUT2D eigenvalue weighted by atomic mass is 9.71. The molecule has 0 bridgehead atoms. The Balaban J connectivity index is 1.06. The second-order valence-corrected chi connectivity index (χ2v) is 16.9. The number of para-hydroxylation sites is 3. The van der Waals surface area contributed by atoms with E-state index in [0.717, 1.165) is 60.7 Å². The smallest absolute Gasteiger partial charge is 0.143 e. The SMILES string of the molecule is CC1(C)c2ccccc2-c2cc3c(cc21)N(c1ccc2c(c1)oc1ccccc12)c1ccc(-c2cccc(-c4cccc5c4oc4ccccc45)c2)cc1C3(C)C. The van der Waals surface area contributed by atoms with Crippen molar-refractivity contribution in [2.75, 3.05) is 4.90 Å². The van der Waals surface area contributed by atoms with Gasteiger partial charge in [-0.1, -0.05) is 131 Å². The molecule has 2 aliphatic rings. The molecule has 0 fully saturated rings. The first-order valence-electron chi connectivity index (χ1n) is 19.9. The van der Waals surface area contributed by atoms with Crippen LogP contribution in [0.25, 0.3) is 77.3 Å². The van der Waals surface area contributed by atoms with Gasteiger partial charge in [-0.25, -0.2) is 0 Å². The van der Waals surface area contributed by atoms with Gasteiger partial charge in [0.2, 0.25) is 0 Å². The van der Waals surface area contributed by atoms with Crippen molar-refractivity contribution >= 4 is 60.9 Å². The standard InChI is InChI=1S/C54H39NO2/c1-53(2)43-20-8-5-15-37(43)42-30-46-48(31-44(42)53)55(35-24-25-40-38-16-6-9-21-49(38)56-51(40)29-35)47-26-23-33(28-45(47)54(46,3)4)32-13-11-14-34(27-32)36-18-12-19-41-39-17-7-10-22-50(39)57-52(36)41/h5-31H,1-4H3. The molecule has 0 atom stereocenters. The van der Waals surface area contributed by atoms with Gasteiger partial charge in [-0.2, -0.15) is 0 Å². The molecular formula is C54H39NO2. The van der Waals surface area contributed by atoms with Gasteiger partial charge in [0.15, 0.2) is 0 Å². The molecule has 12 rings (SSSR count). The predicted octanol–water partition coefficient (Wildman–Crippen LogP) is 15.2. The van der Waals surface area contributed by atoms with Crippen molar-refractivity contribution in [1.29, 1.82) is 0 Å². The first-order chi connectivity index (χ1) is 27.8. The highest BCUT2D eigenvalue weighted by atomic mass is 16.3. The molecule has 1 aliphatic carbocycles. The Kier molecular flexibility index (Phi) is 6.46. The molecule has 3 heteroatoms. The van der Waals surface area contributed by atoms with Crippen LogP contribution in [-0.4, -0.2) is 0 Å². The van der Waals surface area contributed by atoms with E-state index in [2.05, 4.69) is 184 Å². The summed E-state index contributed by atoms with van der Waals surface area (Å²) in [4.78, 5) is 2.48.